The second-order valence-electron chi connectivity index (χ2n) is 7.31. The Kier molecular flexibility index (Phi) is 7.37. The fourth-order valence-electron chi connectivity index (χ4n) is 3.40. The highest BCUT2D eigenvalue weighted by atomic mass is 16.5. The summed E-state index contributed by atoms with van der Waals surface area (Å²) in [6.45, 7) is 5.87. The van der Waals surface area contributed by atoms with Gasteiger partial charge in [0.1, 0.15) is 5.76 Å². The number of aromatic nitrogens is 1. The molecule has 3 rings (SSSR count). The third-order valence-corrected chi connectivity index (χ3v) is 4.95. The summed E-state index contributed by atoms with van der Waals surface area (Å²) < 4.78 is 14.5. The molecule has 0 radical (unpaired) electrons. The number of hydrogen-bond acceptors (Lipinski definition) is 9. The van der Waals surface area contributed by atoms with Crippen LogP contribution in [0.5, 0.6) is 0 Å². The van der Waals surface area contributed by atoms with E-state index in [1.165, 1.54) is 32.4 Å². The van der Waals surface area contributed by atoms with Gasteiger partial charge in [-0.1, -0.05) is 5.16 Å². The molecule has 0 unspecified atom stereocenters. The van der Waals surface area contributed by atoms with Crippen molar-refractivity contribution < 1.29 is 28.4 Å². The van der Waals surface area contributed by atoms with Crippen LogP contribution in [0.4, 0.5) is 5.69 Å². The van der Waals surface area contributed by atoms with E-state index in [2.05, 4.69) is 15.4 Å². The number of ether oxygens (including phenoxy) is 2. The van der Waals surface area contributed by atoms with Crippen molar-refractivity contribution >= 4 is 23.5 Å². The normalized spacial score (nSPS) is 14.8. The lowest BCUT2D eigenvalue weighted by atomic mass is 10.1. The summed E-state index contributed by atoms with van der Waals surface area (Å²) in [5.41, 5.74) is 1.53. The number of methoxy groups -OCH3 is 2. The number of nitrogens with zero attached hydrogens (tertiary/aromatic N) is 3. The van der Waals surface area contributed by atoms with Crippen LogP contribution >= 0.6 is 0 Å². The van der Waals surface area contributed by atoms with Crippen LogP contribution in [0.15, 0.2) is 28.8 Å². The molecule has 1 amide bonds. The average Bonchev–Trinajstić information content (AvgIpc) is 3.18. The van der Waals surface area contributed by atoms with Gasteiger partial charge in [-0.2, -0.15) is 0 Å². The molecule has 1 saturated heterocycles. The molecule has 2 aromatic rings. The van der Waals surface area contributed by atoms with E-state index in [1.807, 2.05) is 17.9 Å². The van der Waals surface area contributed by atoms with Gasteiger partial charge in [0.2, 0.25) is 5.91 Å². The molecular weight excluding hydrogens is 404 g/mol. The van der Waals surface area contributed by atoms with Crippen molar-refractivity contribution in [2.45, 2.75) is 13.5 Å². The zero-order valence-corrected chi connectivity index (χ0v) is 17.8. The minimum Gasteiger partial charge on any atom is -0.465 e. The number of anilines is 1. The maximum absolute atomic E-state index is 12.5. The van der Waals surface area contributed by atoms with Gasteiger partial charge in [0.05, 0.1) is 37.6 Å². The van der Waals surface area contributed by atoms with Gasteiger partial charge >= 0.3 is 11.9 Å². The van der Waals surface area contributed by atoms with Crippen molar-refractivity contribution in [2.75, 3.05) is 52.3 Å². The molecule has 1 aromatic carbocycles. The Balaban J connectivity index is 1.55. The van der Waals surface area contributed by atoms with E-state index >= 15 is 0 Å². The molecule has 10 heteroatoms. The fraction of sp³-hybridized carbons (Fsp3) is 0.429. The third-order valence-electron chi connectivity index (χ3n) is 4.95. The molecule has 2 heterocycles. The molecule has 10 nitrogen and oxygen atoms in total. The molecule has 1 fully saturated rings. The van der Waals surface area contributed by atoms with Crippen molar-refractivity contribution in [3.8, 4) is 0 Å². The molecule has 0 bridgehead atoms. The van der Waals surface area contributed by atoms with E-state index in [4.69, 9.17) is 14.0 Å². The van der Waals surface area contributed by atoms with Crippen LogP contribution in [0.25, 0.3) is 0 Å². The number of carbonyl (C=O) groups is 3. The average molecular weight is 430 g/mol. The Morgan fingerprint density at radius 3 is 2.06 bits per heavy atom. The Morgan fingerprint density at radius 1 is 0.968 bits per heavy atom. The predicted molar refractivity (Wildman–Crippen MR) is 111 cm³/mol. The van der Waals surface area contributed by atoms with Crippen LogP contribution in [-0.4, -0.2) is 79.7 Å². The van der Waals surface area contributed by atoms with E-state index in [9.17, 15) is 14.4 Å². The van der Waals surface area contributed by atoms with E-state index in [0.29, 0.717) is 12.2 Å². The summed E-state index contributed by atoms with van der Waals surface area (Å²) in [6.07, 6.45) is 0. The SMILES string of the molecule is COC(=O)c1cc(NC(=O)CN2CCN(Cc3cc(C)on3)CC2)cc(C(=O)OC)c1. The van der Waals surface area contributed by atoms with Gasteiger partial charge in [0.15, 0.2) is 0 Å². The van der Waals surface area contributed by atoms with Crippen LogP contribution in [0.2, 0.25) is 0 Å². The quantitative estimate of drug-likeness (QED) is 0.649. The Labute approximate surface area is 180 Å². The van der Waals surface area contributed by atoms with Gasteiger partial charge in [0, 0.05) is 44.5 Å². The minimum atomic E-state index is -0.611. The number of hydrogen-bond donors (Lipinski definition) is 1. The second kappa shape index (κ2) is 10.2. The first-order valence-electron chi connectivity index (χ1n) is 9.86. The lowest BCUT2D eigenvalue weighted by Crippen LogP contribution is -2.48. The van der Waals surface area contributed by atoms with E-state index in [1.54, 1.807) is 0 Å². The molecule has 1 aliphatic rings. The molecule has 166 valence electrons. The molecule has 0 saturated carbocycles. The molecule has 0 spiro atoms. The first kappa shape index (κ1) is 22.4. The Bertz CT molecular complexity index is 915. The highest BCUT2D eigenvalue weighted by Gasteiger charge is 2.21. The highest BCUT2D eigenvalue weighted by molar-refractivity contribution is 5.99. The number of piperazine rings is 1. The smallest absolute Gasteiger partial charge is 0.337 e. The number of nitrogens with one attached hydrogen (secondary N) is 1. The van der Waals surface area contributed by atoms with Crippen LogP contribution in [0, 0.1) is 6.92 Å². The van der Waals surface area contributed by atoms with Crippen LogP contribution < -0.4 is 5.32 Å². The summed E-state index contributed by atoms with van der Waals surface area (Å²) in [5, 5.41) is 6.76. The number of rotatable bonds is 7. The van der Waals surface area contributed by atoms with E-state index in [-0.39, 0.29) is 23.6 Å². The summed E-state index contributed by atoms with van der Waals surface area (Å²) >= 11 is 0. The monoisotopic (exact) mass is 430 g/mol. The zero-order valence-electron chi connectivity index (χ0n) is 17.8. The maximum Gasteiger partial charge on any atom is 0.337 e. The van der Waals surface area contributed by atoms with Gasteiger partial charge in [-0.15, -0.1) is 0 Å². The van der Waals surface area contributed by atoms with Crippen LogP contribution in [-0.2, 0) is 20.8 Å². The Hall–Kier alpha value is -3.24. The first-order valence-corrected chi connectivity index (χ1v) is 9.86. The molecular formula is C21H26N4O6. The first-order chi connectivity index (χ1) is 14.9. The maximum atomic E-state index is 12.5. The summed E-state index contributed by atoms with van der Waals surface area (Å²) in [6, 6.07) is 6.22. The molecule has 0 aliphatic carbocycles. The lowest BCUT2D eigenvalue weighted by molar-refractivity contribution is -0.117. The zero-order chi connectivity index (χ0) is 22.4. The van der Waals surface area contributed by atoms with Gasteiger partial charge in [-0.3, -0.25) is 14.6 Å². The summed E-state index contributed by atoms with van der Waals surface area (Å²) in [7, 11) is 2.49. The fourth-order valence-corrected chi connectivity index (χ4v) is 3.40. The molecule has 1 N–H and O–H groups in total. The lowest BCUT2D eigenvalue weighted by Gasteiger charge is -2.33. The third kappa shape index (κ3) is 6.12. The topological polar surface area (TPSA) is 114 Å². The predicted octanol–water partition coefficient (Wildman–Crippen LogP) is 1.31. The van der Waals surface area contributed by atoms with Crippen molar-refractivity contribution in [1.82, 2.24) is 15.0 Å². The molecule has 0 atom stereocenters. The number of amides is 1. The van der Waals surface area contributed by atoms with Crippen molar-refractivity contribution in [1.29, 1.82) is 0 Å². The van der Waals surface area contributed by atoms with Gasteiger partial charge in [-0.25, -0.2) is 9.59 Å². The van der Waals surface area contributed by atoms with Crippen molar-refractivity contribution in [3.63, 3.8) is 0 Å². The summed E-state index contributed by atoms with van der Waals surface area (Å²) in [5.74, 6) is -0.672. The van der Waals surface area contributed by atoms with Gasteiger partial charge in [-0.05, 0) is 25.1 Å². The number of aryl methyl sites for hydroxylation is 1. The highest BCUT2D eigenvalue weighted by Crippen LogP contribution is 2.17. The van der Waals surface area contributed by atoms with E-state index in [0.717, 1.165) is 37.6 Å². The van der Waals surface area contributed by atoms with Crippen molar-refractivity contribution in [3.05, 3.63) is 46.8 Å². The van der Waals surface area contributed by atoms with Gasteiger partial charge < -0.3 is 19.3 Å². The number of esters is 2. The molecule has 1 aromatic heterocycles. The standard InChI is InChI=1S/C21H26N4O6/c1-14-8-18(23-31-14)12-24-4-6-25(7-5-24)13-19(26)22-17-10-15(20(27)29-2)9-16(11-17)21(28)30-3/h8-11H,4-7,12-13H2,1-3H3,(H,22,26). The molecule has 31 heavy (non-hydrogen) atoms. The van der Waals surface area contributed by atoms with Crippen LogP contribution in [0.1, 0.15) is 32.2 Å². The van der Waals surface area contributed by atoms with E-state index < -0.39 is 11.9 Å². The Morgan fingerprint density at radius 2 is 1.55 bits per heavy atom. The number of carbonyl (C=O) groups excluding carboxylic acids is 3. The van der Waals surface area contributed by atoms with Gasteiger partial charge in [0.25, 0.3) is 0 Å². The van der Waals surface area contributed by atoms with Crippen molar-refractivity contribution in [2.24, 2.45) is 0 Å². The summed E-state index contributed by atoms with van der Waals surface area (Å²) in [4.78, 5) is 40.6. The second-order valence-corrected chi connectivity index (χ2v) is 7.31. The number of benzene rings is 1. The largest absolute Gasteiger partial charge is 0.465 e. The minimum absolute atomic E-state index is 0.150. The molecule has 1 aliphatic heterocycles. The van der Waals surface area contributed by atoms with Crippen LogP contribution in [0.3, 0.4) is 0 Å².